The number of carbonyl (C=O) groups excluding carboxylic acids is 1. The molecule has 1 saturated carbocycles. The highest BCUT2D eigenvalue weighted by Gasteiger charge is 2.47. The Morgan fingerprint density at radius 2 is 1.94 bits per heavy atom. The first-order valence-electron chi connectivity index (χ1n) is 12.1. The van der Waals surface area contributed by atoms with Crippen LogP contribution in [0.25, 0.3) is 0 Å². The Bertz CT molecular complexity index is 985. The van der Waals surface area contributed by atoms with E-state index in [4.69, 9.17) is 4.74 Å². The summed E-state index contributed by atoms with van der Waals surface area (Å²) < 4.78 is 34.1. The van der Waals surface area contributed by atoms with Crippen molar-refractivity contribution in [2.24, 2.45) is 5.92 Å². The number of aromatic hydroxyl groups is 1. The van der Waals surface area contributed by atoms with Crippen molar-refractivity contribution in [1.82, 2.24) is 0 Å². The number of esters is 1. The van der Waals surface area contributed by atoms with Crippen molar-refractivity contribution < 1.29 is 27.9 Å². The van der Waals surface area contributed by atoms with Crippen LogP contribution in [-0.4, -0.2) is 53.8 Å². The highest BCUT2D eigenvalue weighted by molar-refractivity contribution is 7.10. The van der Waals surface area contributed by atoms with Gasteiger partial charge in [-0.1, -0.05) is 30.3 Å². The van der Waals surface area contributed by atoms with Crippen molar-refractivity contribution in [3.05, 3.63) is 51.7 Å². The summed E-state index contributed by atoms with van der Waals surface area (Å²) in [5.41, 5.74) is 1.91. The molecule has 2 bridgehead atoms. The molecule has 4 nitrogen and oxygen atoms in total. The molecule has 33 heavy (non-hydrogen) atoms. The smallest absolute Gasteiger partial charge is 0.311 e. The van der Waals surface area contributed by atoms with E-state index in [9.17, 15) is 18.7 Å². The highest BCUT2D eigenvalue weighted by Crippen LogP contribution is 2.48. The van der Waals surface area contributed by atoms with Crippen molar-refractivity contribution in [3.8, 4) is 5.75 Å². The van der Waals surface area contributed by atoms with Crippen LogP contribution in [0.4, 0.5) is 8.78 Å². The van der Waals surface area contributed by atoms with Crippen LogP contribution in [0.15, 0.2) is 35.7 Å². The Balaban J connectivity index is 1.18. The van der Waals surface area contributed by atoms with Gasteiger partial charge >= 0.3 is 5.97 Å². The Morgan fingerprint density at radius 3 is 2.64 bits per heavy atom. The summed E-state index contributed by atoms with van der Waals surface area (Å²) in [5, 5.41) is 12.3. The fourth-order valence-electron chi connectivity index (χ4n) is 6.06. The van der Waals surface area contributed by atoms with Crippen LogP contribution in [0.2, 0.25) is 0 Å². The maximum atomic E-state index is 13.6. The third-order valence-corrected chi connectivity index (χ3v) is 9.05. The van der Waals surface area contributed by atoms with E-state index < -0.39 is 5.92 Å². The minimum Gasteiger partial charge on any atom is -0.506 e. The third kappa shape index (κ3) is 4.94. The minimum absolute atomic E-state index is 0.00679. The molecule has 0 amide bonds. The van der Waals surface area contributed by atoms with Gasteiger partial charge in [-0.05, 0) is 23.3 Å². The predicted octanol–water partition coefficient (Wildman–Crippen LogP) is 5.29. The first-order valence-corrected chi connectivity index (χ1v) is 13.0. The summed E-state index contributed by atoms with van der Waals surface area (Å²) in [6.45, 7) is 4.22. The lowest BCUT2D eigenvalue weighted by Gasteiger charge is -2.52. The molecule has 2 aromatic rings. The summed E-state index contributed by atoms with van der Waals surface area (Å²) in [6, 6.07) is 10.5. The monoisotopic (exact) mass is 476 g/mol. The average Bonchev–Trinajstić information content (AvgIpc) is 3.35. The van der Waals surface area contributed by atoms with E-state index in [2.05, 4.69) is 24.3 Å². The van der Waals surface area contributed by atoms with Gasteiger partial charge in [-0.2, -0.15) is 0 Å². The summed E-state index contributed by atoms with van der Waals surface area (Å²) in [4.78, 5) is 13.3. The van der Waals surface area contributed by atoms with Gasteiger partial charge in [0, 0.05) is 43.6 Å². The fourth-order valence-corrected chi connectivity index (χ4v) is 7.06. The molecule has 2 atom stereocenters. The van der Waals surface area contributed by atoms with E-state index in [0.29, 0.717) is 22.8 Å². The first-order chi connectivity index (χ1) is 15.8. The molecule has 3 aliphatic heterocycles. The Morgan fingerprint density at radius 1 is 1.18 bits per heavy atom. The molecule has 4 heterocycles. The Kier molecular flexibility index (Phi) is 6.21. The summed E-state index contributed by atoms with van der Waals surface area (Å²) in [5.74, 6) is -2.89. The van der Waals surface area contributed by atoms with E-state index in [0.717, 1.165) is 49.9 Å². The second-order valence-corrected chi connectivity index (χ2v) is 11.2. The molecule has 1 aliphatic carbocycles. The van der Waals surface area contributed by atoms with Gasteiger partial charge in [-0.25, -0.2) is 8.78 Å². The maximum absolute atomic E-state index is 13.6. The van der Waals surface area contributed by atoms with Crippen LogP contribution in [0.3, 0.4) is 0 Å². The number of ether oxygens (including phenoxy) is 1. The molecule has 3 saturated heterocycles. The molecule has 0 spiro atoms. The Hall–Kier alpha value is -1.99. The zero-order chi connectivity index (χ0) is 23.1. The zero-order valence-corrected chi connectivity index (χ0v) is 19.7. The van der Waals surface area contributed by atoms with E-state index in [1.807, 2.05) is 6.07 Å². The van der Waals surface area contributed by atoms with Crippen LogP contribution in [-0.2, 0) is 22.4 Å². The summed E-state index contributed by atoms with van der Waals surface area (Å²) in [6.07, 6.45) is 3.12. The molecule has 1 N–H and O–H groups in total. The molecular formula is C26H32F2NO3S+. The number of benzene rings is 1. The lowest BCUT2D eigenvalue weighted by molar-refractivity contribution is -0.946. The second kappa shape index (κ2) is 8.99. The number of rotatable bonds is 7. The van der Waals surface area contributed by atoms with Crippen molar-refractivity contribution in [2.45, 2.75) is 62.9 Å². The van der Waals surface area contributed by atoms with Crippen LogP contribution in [0.1, 0.15) is 54.0 Å². The topological polar surface area (TPSA) is 46.5 Å². The van der Waals surface area contributed by atoms with E-state index in [-0.39, 0.29) is 43.0 Å². The standard InChI is InChI=1S/C26H31F2NO3S/c27-26(28)10-6-20(15-26)21-17-33-23(25(21)31)14-24(30)32-22-16-29(12-8-19(22)9-13-29)11-7-18-4-2-1-3-5-18/h1-5,17,19-20,22H,6-16H2/p+1/t19?,20?,22-,29?/m0/s1. The van der Waals surface area contributed by atoms with Gasteiger partial charge < -0.3 is 14.3 Å². The molecule has 6 rings (SSSR count). The average molecular weight is 477 g/mol. The highest BCUT2D eigenvalue weighted by atomic mass is 32.1. The fraction of sp³-hybridized carbons (Fsp3) is 0.577. The van der Waals surface area contributed by atoms with Crippen molar-refractivity contribution in [1.29, 1.82) is 0 Å². The Labute approximate surface area is 197 Å². The lowest BCUT2D eigenvalue weighted by atomic mass is 9.83. The molecule has 0 radical (unpaired) electrons. The molecular weight excluding hydrogens is 444 g/mol. The third-order valence-electron chi connectivity index (χ3n) is 8.06. The second-order valence-electron chi connectivity index (χ2n) is 10.2. The molecule has 1 aromatic carbocycles. The van der Waals surface area contributed by atoms with Gasteiger partial charge in [0.05, 0.1) is 30.9 Å². The number of fused-ring (bicyclic) bond motifs is 3. The number of thiophene rings is 1. The molecule has 1 aromatic heterocycles. The summed E-state index contributed by atoms with van der Waals surface area (Å²) >= 11 is 1.27. The van der Waals surface area contributed by atoms with Gasteiger partial charge in [0.2, 0.25) is 5.92 Å². The largest absolute Gasteiger partial charge is 0.506 e. The van der Waals surface area contributed by atoms with Crippen LogP contribution in [0, 0.1) is 5.92 Å². The number of hydrogen-bond acceptors (Lipinski definition) is 4. The number of piperidine rings is 3. The number of alkyl halides is 2. The van der Waals surface area contributed by atoms with E-state index in [1.165, 1.54) is 16.9 Å². The van der Waals surface area contributed by atoms with Crippen LogP contribution >= 0.6 is 11.3 Å². The van der Waals surface area contributed by atoms with Crippen LogP contribution < -0.4 is 0 Å². The van der Waals surface area contributed by atoms with E-state index in [1.54, 1.807) is 5.38 Å². The predicted molar refractivity (Wildman–Crippen MR) is 124 cm³/mol. The number of hydrogen-bond donors (Lipinski definition) is 1. The molecule has 4 fully saturated rings. The molecule has 4 aliphatic rings. The molecule has 1 unspecified atom stereocenters. The summed E-state index contributed by atoms with van der Waals surface area (Å²) in [7, 11) is 0. The van der Waals surface area contributed by atoms with Gasteiger partial charge in [0.25, 0.3) is 0 Å². The molecule has 178 valence electrons. The quantitative estimate of drug-likeness (QED) is 0.436. The normalized spacial score (nSPS) is 30.4. The van der Waals surface area contributed by atoms with Gasteiger partial charge in [0.1, 0.15) is 12.3 Å². The van der Waals surface area contributed by atoms with Gasteiger partial charge in [-0.3, -0.25) is 4.79 Å². The SMILES string of the molecule is O=C(Cc1scc(C2CCC(F)(F)C2)c1O)O[C@H]1C[N+]2(CCc3ccccc3)CCC1CC2. The minimum atomic E-state index is -2.66. The van der Waals surface area contributed by atoms with Crippen molar-refractivity contribution in [2.75, 3.05) is 26.2 Å². The number of nitrogens with zero attached hydrogens (tertiary/aromatic N) is 1. The number of quaternary nitrogens is 1. The van der Waals surface area contributed by atoms with Crippen molar-refractivity contribution >= 4 is 17.3 Å². The van der Waals surface area contributed by atoms with Crippen LogP contribution in [0.5, 0.6) is 5.75 Å². The van der Waals surface area contributed by atoms with Gasteiger partial charge in [-0.15, -0.1) is 11.3 Å². The number of carbonyl (C=O) groups is 1. The van der Waals surface area contributed by atoms with E-state index >= 15 is 0 Å². The van der Waals surface area contributed by atoms with Crippen molar-refractivity contribution in [3.63, 3.8) is 0 Å². The molecule has 7 heteroatoms. The maximum Gasteiger partial charge on any atom is 0.311 e. The number of halogens is 2. The first kappa shape index (κ1) is 22.8. The lowest BCUT2D eigenvalue weighted by Crippen LogP contribution is -2.65. The zero-order valence-electron chi connectivity index (χ0n) is 18.8. The van der Waals surface area contributed by atoms with Gasteiger partial charge in [0.15, 0.2) is 6.10 Å².